The van der Waals surface area contributed by atoms with Crippen LogP contribution in [0.5, 0.6) is 5.75 Å². The van der Waals surface area contributed by atoms with Crippen LogP contribution in [0.25, 0.3) is 11.5 Å². The summed E-state index contributed by atoms with van der Waals surface area (Å²) >= 11 is 0. The number of amides is 1. The molecule has 25 heavy (non-hydrogen) atoms. The quantitative estimate of drug-likeness (QED) is 0.746. The summed E-state index contributed by atoms with van der Waals surface area (Å²) in [5.41, 5.74) is 0.735. The molecule has 7 nitrogen and oxygen atoms in total. The van der Waals surface area contributed by atoms with Gasteiger partial charge in [0.25, 0.3) is 5.56 Å². The maximum atomic E-state index is 12.2. The second-order valence-electron chi connectivity index (χ2n) is 5.20. The molecule has 1 aromatic carbocycles. The highest BCUT2D eigenvalue weighted by molar-refractivity contribution is 5.90. The zero-order valence-electron chi connectivity index (χ0n) is 13.6. The third kappa shape index (κ3) is 4.14. The predicted octanol–water partition coefficient (Wildman–Crippen LogP) is 2.54. The van der Waals surface area contributed by atoms with E-state index in [2.05, 4.69) is 10.4 Å². The molecule has 0 aliphatic heterocycles. The second-order valence-corrected chi connectivity index (χ2v) is 5.20. The van der Waals surface area contributed by atoms with E-state index in [9.17, 15) is 9.59 Å². The van der Waals surface area contributed by atoms with Crippen LogP contribution in [0, 0.1) is 0 Å². The van der Waals surface area contributed by atoms with Gasteiger partial charge in [-0.25, -0.2) is 4.68 Å². The third-order valence-electron chi connectivity index (χ3n) is 3.38. The van der Waals surface area contributed by atoms with Crippen LogP contribution in [0.2, 0.25) is 0 Å². The van der Waals surface area contributed by atoms with E-state index >= 15 is 0 Å². The third-order valence-corrected chi connectivity index (χ3v) is 3.38. The van der Waals surface area contributed by atoms with E-state index in [1.807, 2.05) is 6.92 Å². The summed E-state index contributed by atoms with van der Waals surface area (Å²) in [6.45, 7) is 2.28. The first-order chi connectivity index (χ1) is 12.2. The average molecular weight is 339 g/mol. The van der Waals surface area contributed by atoms with Crippen LogP contribution < -0.4 is 15.6 Å². The lowest BCUT2D eigenvalue weighted by atomic mass is 10.3. The van der Waals surface area contributed by atoms with E-state index in [4.69, 9.17) is 9.15 Å². The highest BCUT2D eigenvalue weighted by atomic mass is 16.5. The van der Waals surface area contributed by atoms with E-state index in [1.54, 1.807) is 42.5 Å². The lowest BCUT2D eigenvalue weighted by Gasteiger charge is -2.08. The minimum Gasteiger partial charge on any atom is -0.494 e. The number of aromatic nitrogens is 2. The Morgan fingerprint density at radius 2 is 2.00 bits per heavy atom. The number of carbonyl (C=O) groups excluding carboxylic acids is 1. The number of nitrogens with one attached hydrogen (secondary N) is 1. The Kier molecular flexibility index (Phi) is 4.94. The van der Waals surface area contributed by atoms with E-state index < -0.39 is 0 Å². The van der Waals surface area contributed by atoms with Gasteiger partial charge in [0.2, 0.25) is 5.91 Å². The summed E-state index contributed by atoms with van der Waals surface area (Å²) in [7, 11) is 0. The van der Waals surface area contributed by atoms with E-state index in [0.717, 1.165) is 10.4 Å². The van der Waals surface area contributed by atoms with Crippen LogP contribution in [-0.2, 0) is 11.3 Å². The molecule has 2 heterocycles. The smallest absolute Gasteiger partial charge is 0.267 e. The van der Waals surface area contributed by atoms with Gasteiger partial charge in [-0.15, -0.1) is 0 Å². The average Bonchev–Trinajstić information content (AvgIpc) is 3.13. The van der Waals surface area contributed by atoms with Crippen molar-refractivity contribution in [1.29, 1.82) is 0 Å². The lowest BCUT2D eigenvalue weighted by molar-refractivity contribution is -0.117. The molecule has 128 valence electrons. The summed E-state index contributed by atoms with van der Waals surface area (Å²) in [5.74, 6) is 0.903. The molecule has 0 bridgehead atoms. The van der Waals surface area contributed by atoms with E-state index in [0.29, 0.717) is 23.7 Å². The SMILES string of the molecule is CCOc1ccc(NC(=O)Cn2nc(-c3ccco3)ccc2=O)cc1. The van der Waals surface area contributed by atoms with Crippen molar-refractivity contribution in [1.82, 2.24) is 9.78 Å². The molecule has 0 saturated heterocycles. The minimum absolute atomic E-state index is 0.194. The Morgan fingerprint density at radius 3 is 2.68 bits per heavy atom. The molecule has 1 N–H and O–H groups in total. The molecular formula is C18H17N3O4. The fraction of sp³-hybridized carbons (Fsp3) is 0.167. The molecule has 1 amide bonds. The van der Waals surface area contributed by atoms with Crippen LogP contribution in [0.4, 0.5) is 5.69 Å². The van der Waals surface area contributed by atoms with Gasteiger partial charge >= 0.3 is 0 Å². The summed E-state index contributed by atoms with van der Waals surface area (Å²) in [6, 6.07) is 13.4. The number of hydrogen-bond acceptors (Lipinski definition) is 5. The number of nitrogens with zero attached hydrogens (tertiary/aromatic N) is 2. The fourth-order valence-electron chi connectivity index (χ4n) is 2.26. The molecule has 0 aliphatic rings. The Labute approximate surface area is 143 Å². The second kappa shape index (κ2) is 7.48. The zero-order chi connectivity index (χ0) is 17.6. The summed E-state index contributed by atoms with van der Waals surface area (Å²) in [4.78, 5) is 24.1. The van der Waals surface area contributed by atoms with Crippen molar-refractivity contribution in [2.45, 2.75) is 13.5 Å². The van der Waals surface area contributed by atoms with Gasteiger partial charge in [-0.1, -0.05) is 0 Å². The van der Waals surface area contributed by atoms with Crippen LogP contribution in [0.1, 0.15) is 6.92 Å². The van der Waals surface area contributed by atoms with Crippen molar-refractivity contribution < 1.29 is 13.9 Å². The molecule has 7 heteroatoms. The minimum atomic E-state index is -0.364. The zero-order valence-corrected chi connectivity index (χ0v) is 13.6. The molecule has 0 aliphatic carbocycles. The van der Waals surface area contributed by atoms with Gasteiger partial charge in [0.1, 0.15) is 18.0 Å². The van der Waals surface area contributed by atoms with Crippen molar-refractivity contribution in [2.75, 3.05) is 11.9 Å². The molecule has 2 aromatic heterocycles. The highest BCUT2D eigenvalue weighted by Crippen LogP contribution is 2.16. The first kappa shape index (κ1) is 16.5. The molecule has 0 atom stereocenters. The number of benzene rings is 1. The van der Waals surface area contributed by atoms with Crippen molar-refractivity contribution in [2.24, 2.45) is 0 Å². The first-order valence-corrected chi connectivity index (χ1v) is 7.80. The summed E-state index contributed by atoms with van der Waals surface area (Å²) in [6.07, 6.45) is 1.52. The molecule has 0 fully saturated rings. The largest absolute Gasteiger partial charge is 0.494 e. The Hall–Kier alpha value is -3.35. The number of rotatable bonds is 6. The molecule has 0 radical (unpaired) electrons. The number of carbonyl (C=O) groups is 1. The van der Waals surface area contributed by atoms with Gasteiger partial charge < -0.3 is 14.5 Å². The molecule has 3 aromatic rings. The van der Waals surface area contributed by atoms with Crippen molar-refractivity contribution >= 4 is 11.6 Å². The van der Waals surface area contributed by atoms with Crippen LogP contribution in [-0.4, -0.2) is 22.3 Å². The maximum absolute atomic E-state index is 12.2. The maximum Gasteiger partial charge on any atom is 0.267 e. The molecule has 3 rings (SSSR count). The van der Waals surface area contributed by atoms with Crippen LogP contribution >= 0.6 is 0 Å². The number of ether oxygens (including phenoxy) is 1. The van der Waals surface area contributed by atoms with Gasteiger partial charge in [0.15, 0.2) is 5.76 Å². The topological polar surface area (TPSA) is 86.4 Å². The predicted molar refractivity (Wildman–Crippen MR) is 92.4 cm³/mol. The van der Waals surface area contributed by atoms with Gasteiger partial charge in [-0.2, -0.15) is 5.10 Å². The Bertz CT molecular complexity index is 899. The van der Waals surface area contributed by atoms with Crippen molar-refractivity contribution in [3.8, 4) is 17.2 Å². The fourth-order valence-corrected chi connectivity index (χ4v) is 2.26. The molecule has 0 saturated carbocycles. The number of anilines is 1. The standard InChI is InChI=1S/C18H17N3O4/c1-2-24-14-7-5-13(6-8-14)19-17(22)12-21-18(23)10-9-15(20-21)16-4-3-11-25-16/h3-11H,2,12H2,1H3,(H,19,22). The molecule has 0 unspecified atom stereocenters. The van der Waals surface area contributed by atoms with Gasteiger partial charge in [0, 0.05) is 11.8 Å². The Balaban J connectivity index is 1.70. The first-order valence-electron chi connectivity index (χ1n) is 7.80. The van der Waals surface area contributed by atoms with E-state index in [1.165, 1.54) is 12.3 Å². The van der Waals surface area contributed by atoms with Gasteiger partial charge in [-0.05, 0) is 49.4 Å². The number of furan rings is 1. The highest BCUT2D eigenvalue weighted by Gasteiger charge is 2.09. The monoisotopic (exact) mass is 339 g/mol. The summed E-state index contributed by atoms with van der Waals surface area (Å²) < 4.78 is 11.7. The van der Waals surface area contributed by atoms with E-state index in [-0.39, 0.29) is 18.0 Å². The van der Waals surface area contributed by atoms with Gasteiger partial charge in [-0.3, -0.25) is 9.59 Å². The van der Waals surface area contributed by atoms with Crippen LogP contribution in [0.3, 0.4) is 0 Å². The Morgan fingerprint density at radius 1 is 1.20 bits per heavy atom. The van der Waals surface area contributed by atoms with Crippen molar-refractivity contribution in [3.05, 3.63) is 65.1 Å². The lowest BCUT2D eigenvalue weighted by Crippen LogP contribution is -2.29. The van der Waals surface area contributed by atoms with Crippen LogP contribution in [0.15, 0.2) is 64.0 Å². The summed E-state index contributed by atoms with van der Waals surface area (Å²) in [5, 5.41) is 6.89. The normalized spacial score (nSPS) is 10.4. The molecular weight excluding hydrogens is 322 g/mol. The van der Waals surface area contributed by atoms with Gasteiger partial charge in [0.05, 0.1) is 12.9 Å². The van der Waals surface area contributed by atoms with Crippen molar-refractivity contribution in [3.63, 3.8) is 0 Å². The number of hydrogen-bond donors (Lipinski definition) is 1. The molecule has 0 spiro atoms.